The number of piperazine rings is 1. The lowest BCUT2D eigenvalue weighted by atomic mass is 9.77. The summed E-state index contributed by atoms with van der Waals surface area (Å²) in [6.45, 7) is 4.37. The van der Waals surface area contributed by atoms with Crippen LogP contribution in [0.1, 0.15) is 74.0 Å². The van der Waals surface area contributed by atoms with Gasteiger partial charge in [-0.3, -0.25) is 4.79 Å². The highest BCUT2D eigenvalue weighted by molar-refractivity contribution is 5.98. The SMILES string of the molecule is CCCC[C@]1(O)CCCC[C@H]1n1cnc(C(=O)N2CCNC[C@H]2Cc2ccccc2)c1-c1ccccc1. The number of carbonyl (C=O) groups excluding carboxylic acids is 1. The summed E-state index contributed by atoms with van der Waals surface area (Å²) in [6.07, 6.45) is 9.26. The van der Waals surface area contributed by atoms with E-state index < -0.39 is 5.60 Å². The van der Waals surface area contributed by atoms with E-state index in [4.69, 9.17) is 4.98 Å². The molecule has 6 heteroatoms. The number of benzene rings is 2. The van der Waals surface area contributed by atoms with Crippen LogP contribution in [0.4, 0.5) is 0 Å². The number of imidazole rings is 1. The van der Waals surface area contributed by atoms with Crippen LogP contribution in [0.3, 0.4) is 0 Å². The number of nitrogens with zero attached hydrogens (tertiary/aromatic N) is 3. The molecule has 0 radical (unpaired) electrons. The molecule has 37 heavy (non-hydrogen) atoms. The zero-order valence-electron chi connectivity index (χ0n) is 22.0. The first-order valence-corrected chi connectivity index (χ1v) is 14.0. The molecule has 1 aromatic heterocycles. The molecule has 6 nitrogen and oxygen atoms in total. The molecule has 2 fully saturated rings. The fraction of sp³-hybridized carbons (Fsp3) is 0.484. The van der Waals surface area contributed by atoms with Crippen molar-refractivity contribution in [3.8, 4) is 11.3 Å². The van der Waals surface area contributed by atoms with Gasteiger partial charge in [-0.25, -0.2) is 4.98 Å². The number of amides is 1. The van der Waals surface area contributed by atoms with Crippen LogP contribution >= 0.6 is 0 Å². The van der Waals surface area contributed by atoms with Gasteiger partial charge in [0.15, 0.2) is 5.69 Å². The standard InChI is InChI=1S/C31H40N4O2/c1-2-3-17-31(37)18-11-10-16-27(31)35-23-33-28(29(35)25-14-8-5-9-15-25)30(36)34-20-19-32-22-26(34)21-24-12-6-4-7-13-24/h4-9,12-15,23,26-27,32,37H,2-3,10-11,16-22H2,1H3/t26-,27-,31+/m1/s1. The fourth-order valence-corrected chi connectivity index (χ4v) is 6.25. The number of rotatable bonds is 8. The maximum absolute atomic E-state index is 14.2. The molecule has 3 aromatic rings. The predicted molar refractivity (Wildman–Crippen MR) is 147 cm³/mol. The summed E-state index contributed by atoms with van der Waals surface area (Å²) >= 11 is 0. The molecule has 3 atom stereocenters. The predicted octanol–water partition coefficient (Wildman–Crippen LogP) is 5.24. The first-order chi connectivity index (χ1) is 18.1. The minimum Gasteiger partial charge on any atom is -0.388 e. The van der Waals surface area contributed by atoms with Crippen LogP contribution in [-0.4, -0.2) is 56.7 Å². The van der Waals surface area contributed by atoms with Crippen LogP contribution < -0.4 is 5.32 Å². The van der Waals surface area contributed by atoms with E-state index in [2.05, 4.69) is 53.2 Å². The van der Waals surface area contributed by atoms with Crippen molar-refractivity contribution in [2.45, 2.75) is 76.0 Å². The Morgan fingerprint density at radius 3 is 2.62 bits per heavy atom. The van der Waals surface area contributed by atoms with Crippen molar-refractivity contribution in [1.82, 2.24) is 19.8 Å². The number of hydrogen-bond acceptors (Lipinski definition) is 4. The topological polar surface area (TPSA) is 70.4 Å². The molecule has 2 N–H and O–H groups in total. The molecule has 0 bridgehead atoms. The van der Waals surface area contributed by atoms with Crippen molar-refractivity contribution >= 4 is 5.91 Å². The largest absolute Gasteiger partial charge is 0.388 e. The van der Waals surface area contributed by atoms with Gasteiger partial charge in [0.25, 0.3) is 5.91 Å². The highest BCUT2D eigenvalue weighted by Gasteiger charge is 2.41. The zero-order valence-corrected chi connectivity index (χ0v) is 22.0. The lowest BCUT2D eigenvalue weighted by Gasteiger charge is -2.41. The van der Waals surface area contributed by atoms with E-state index in [1.165, 1.54) is 5.56 Å². The second-order valence-corrected chi connectivity index (χ2v) is 10.7. The van der Waals surface area contributed by atoms with Crippen LogP contribution in [0.25, 0.3) is 11.3 Å². The first-order valence-electron chi connectivity index (χ1n) is 14.0. The lowest BCUT2D eigenvalue weighted by molar-refractivity contribution is -0.0492. The summed E-state index contributed by atoms with van der Waals surface area (Å²) in [6, 6.07) is 20.5. The molecule has 0 spiro atoms. The van der Waals surface area contributed by atoms with E-state index in [9.17, 15) is 9.90 Å². The summed E-state index contributed by atoms with van der Waals surface area (Å²) in [7, 11) is 0. The number of hydrogen-bond donors (Lipinski definition) is 2. The van der Waals surface area contributed by atoms with Gasteiger partial charge in [-0.05, 0) is 31.2 Å². The van der Waals surface area contributed by atoms with Crippen LogP contribution in [0.2, 0.25) is 0 Å². The molecule has 1 saturated carbocycles. The van der Waals surface area contributed by atoms with Gasteiger partial charge in [0, 0.05) is 31.2 Å². The average Bonchev–Trinajstić information content (AvgIpc) is 3.38. The molecule has 1 saturated heterocycles. The fourth-order valence-electron chi connectivity index (χ4n) is 6.25. The molecule has 2 aliphatic rings. The highest BCUT2D eigenvalue weighted by Crippen LogP contribution is 2.43. The van der Waals surface area contributed by atoms with Crippen molar-refractivity contribution < 1.29 is 9.90 Å². The van der Waals surface area contributed by atoms with Crippen molar-refractivity contribution in [2.75, 3.05) is 19.6 Å². The lowest BCUT2D eigenvalue weighted by Crippen LogP contribution is -2.54. The van der Waals surface area contributed by atoms with Crippen LogP contribution in [0, 0.1) is 0 Å². The summed E-state index contributed by atoms with van der Waals surface area (Å²) in [5.41, 5.74) is 2.76. The second-order valence-electron chi connectivity index (χ2n) is 10.7. The molecular weight excluding hydrogens is 460 g/mol. The summed E-state index contributed by atoms with van der Waals surface area (Å²) < 4.78 is 2.13. The van der Waals surface area contributed by atoms with E-state index in [0.29, 0.717) is 12.2 Å². The average molecular weight is 501 g/mol. The summed E-state index contributed by atoms with van der Waals surface area (Å²) in [5, 5.41) is 15.3. The van der Waals surface area contributed by atoms with Gasteiger partial charge < -0.3 is 19.9 Å². The normalized spacial score (nSPS) is 24.2. The van der Waals surface area contributed by atoms with Crippen LogP contribution in [0.15, 0.2) is 67.0 Å². The molecule has 196 valence electrons. The third-order valence-corrected chi connectivity index (χ3v) is 8.23. The number of nitrogens with one attached hydrogen (secondary N) is 1. The van der Waals surface area contributed by atoms with Gasteiger partial charge in [-0.2, -0.15) is 0 Å². The molecular formula is C31H40N4O2. The van der Waals surface area contributed by atoms with Gasteiger partial charge in [0.2, 0.25) is 0 Å². The molecule has 2 aromatic carbocycles. The van der Waals surface area contributed by atoms with Gasteiger partial charge in [-0.15, -0.1) is 0 Å². The quantitative estimate of drug-likeness (QED) is 0.444. The maximum atomic E-state index is 14.2. The molecule has 1 aliphatic heterocycles. The van der Waals surface area contributed by atoms with Crippen molar-refractivity contribution in [1.29, 1.82) is 0 Å². The Morgan fingerprint density at radius 1 is 1.11 bits per heavy atom. The minimum absolute atomic E-state index is 0.0204. The van der Waals surface area contributed by atoms with Gasteiger partial charge in [-0.1, -0.05) is 93.3 Å². The van der Waals surface area contributed by atoms with Crippen molar-refractivity contribution in [3.63, 3.8) is 0 Å². The Labute approximate surface area is 220 Å². The molecule has 0 unspecified atom stereocenters. The monoisotopic (exact) mass is 500 g/mol. The summed E-state index contributed by atoms with van der Waals surface area (Å²) in [4.78, 5) is 21.0. The van der Waals surface area contributed by atoms with E-state index in [1.54, 1.807) is 0 Å². The number of aliphatic hydroxyl groups is 1. The zero-order chi connectivity index (χ0) is 25.7. The summed E-state index contributed by atoms with van der Waals surface area (Å²) in [5.74, 6) is -0.0204. The van der Waals surface area contributed by atoms with E-state index in [1.807, 2.05) is 35.5 Å². The van der Waals surface area contributed by atoms with Gasteiger partial charge >= 0.3 is 0 Å². The number of aromatic nitrogens is 2. The van der Waals surface area contributed by atoms with Crippen molar-refractivity contribution in [3.05, 3.63) is 78.2 Å². The Morgan fingerprint density at radius 2 is 1.86 bits per heavy atom. The van der Waals surface area contributed by atoms with Crippen LogP contribution in [0.5, 0.6) is 0 Å². The third-order valence-electron chi connectivity index (χ3n) is 8.23. The Bertz CT molecular complexity index is 1160. The van der Waals surface area contributed by atoms with Gasteiger partial charge in [0.05, 0.1) is 23.7 Å². The molecule has 1 aliphatic carbocycles. The number of carbonyl (C=O) groups is 1. The molecule has 5 rings (SSSR count). The Kier molecular flexibility index (Phi) is 8.06. The Balaban J connectivity index is 1.52. The Hall–Kier alpha value is -2.96. The van der Waals surface area contributed by atoms with Crippen LogP contribution in [-0.2, 0) is 6.42 Å². The number of unbranched alkanes of at least 4 members (excludes halogenated alkanes) is 1. The second kappa shape index (κ2) is 11.6. The van der Waals surface area contributed by atoms with E-state index in [-0.39, 0.29) is 18.0 Å². The van der Waals surface area contributed by atoms with Crippen molar-refractivity contribution in [2.24, 2.45) is 0 Å². The first kappa shape index (κ1) is 25.7. The smallest absolute Gasteiger partial charge is 0.275 e. The van der Waals surface area contributed by atoms with E-state index in [0.717, 1.165) is 75.7 Å². The maximum Gasteiger partial charge on any atom is 0.275 e. The van der Waals surface area contributed by atoms with Gasteiger partial charge in [0.1, 0.15) is 0 Å². The third kappa shape index (κ3) is 5.51. The van der Waals surface area contributed by atoms with E-state index >= 15 is 0 Å². The minimum atomic E-state index is -0.774. The molecule has 1 amide bonds. The molecule has 2 heterocycles. The highest BCUT2D eigenvalue weighted by atomic mass is 16.3.